The largest absolute Gasteiger partial charge is 0.479 e. The minimum atomic E-state index is 0.102. The number of ether oxygens (including phenoxy) is 1. The Bertz CT molecular complexity index is 455. The molecule has 0 aromatic heterocycles. The monoisotopic (exact) mass is 273 g/mol. The predicted molar refractivity (Wildman–Crippen MR) is 79.5 cm³/mol. The van der Waals surface area contributed by atoms with Crippen LogP contribution >= 0.6 is 0 Å². The van der Waals surface area contributed by atoms with Gasteiger partial charge in [-0.1, -0.05) is 12.1 Å². The van der Waals surface area contributed by atoms with Gasteiger partial charge in [0.25, 0.3) is 0 Å². The molecule has 1 aliphatic rings. The quantitative estimate of drug-likeness (QED) is 0.861. The number of piperidine rings is 1. The van der Waals surface area contributed by atoms with E-state index < -0.39 is 0 Å². The maximum atomic E-state index is 8.51. The summed E-state index contributed by atoms with van der Waals surface area (Å²) in [6.07, 6.45) is 2.63. The van der Waals surface area contributed by atoms with Gasteiger partial charge in [-0.05, 0) is 56.6 Å². The lowest BCUT2D eigenvalue weighted by atomic mass is 9.98. The van der Waals surface area contributed by atoms with Crippen LogP contribution in [-0.2, 0) is 6.54 Å². The number of benzene rings is 1. The van der Waals surface area contributed by atoms with Crippen LogP contribution in [0.1, 0.15) is 18.4 Å². The molecule has 1 fully saturated rings. The molecule has 1 N–H and O–H groups in total. The van der Waals surface area contributed by atoms with E-state index in [0.29, 0.717) is 0 Å². The predicted octanol–water partition coefficient (Wildman–Crippen LogP) is 2.02. The summed E-state index contributed by atoms with van der Waals surface area (Å²) in [5, 5.41) is 12.0. The molecule has 1 unspecified atom stereocenters. The number of nitrogens with zero attached hydrogens (tertiary/aromatic N) is 2. The van der Waals surface area contributed by atoms with Crippen LogP contribution < -0.4 is 10.1 Å². The van der Waals surface area contributed by atoms with Gasteiger partial charge < -0.3 is 15.0 Å². The zero-order chi connectivity index (χ0) is 14.2. The number of nitriles is 1. The van der Waals surface area contributed by atoms with Crippen molar-refractivity contribution in [3.63, 3.8) is 0 Å². The first kappa shape index (κ1) is 14.8. The molecule has 1 aromatic carbocycles. The molecule has 4 heteroatoms. The molecule has 0 spiro atoms. The summed E-state index contributed by atoms with van der Waals surface area (Å²) in [7, 11) is 2.20. The molecule has 0 aliphatic carbocycles. The van der Waals surface area contributed by atoms with Gasteiger partial charge in [-0.25, -0.2) is 0 Å². The first-order valence-corrected chi connectivity index (χ1v) is 7.26. The first-order valence-electron chi connectivity index (χ1n) is 7.26. The number of hydrogen-bond acceptors (Lipinski definition) is 4. The van der Waals surface area contributed by atoms with E-state index in [-0.39, 0.29) is 6.61 Å². The minimum absolute atomic E-state index is 0.102. The summed E-state index contributed by atoms with van der Waals surface area (Å²) in [5.74, 6) is 1.52. The molecule has 0 saturated carbocycles. The standard InChI is InChI=1S/C16H23N3O/c1-19-8-3-5-15(13-19)12-18-11-14-4-2-6-16(10-14)20-9-7-17/h2,4,6,10,15,18H,3,5,8-9,11-13H2,1H3. The molecular formula is C16H23N3O. The Labute approximate surface area is 121 Å². The lowest BCUT2D eigenvalue weighted by Gasteiger charge is -2.29. The van der Waals surface area contributed by atoms with Crippen LogP contribution in [0.25, 0.3) is 0 Å². The van der Waals surface area contributed by atoms with Crippen LogP contribution in [0.5, 0.6) is 5.75 Å². The Hall–Kier alpha value is -1.57. The Balaban J connectivity index is 1.74. The van der Waals surface area contributed by atoms with Gasteiger partial charge in [0, 0.05) is 13.1 Å². The Kier molecular flexibility index (Phi) is 5.85. The van der Waals surface area contributed by atoms with Crippen LogP contribution in [0.2, 0.25) is 0 Å². The van der Waals surface area contributed by atoms with Crippen molar-refractivity contribution in [2.45, 2.75) is 19.4 Å². The molecule has 1 aromatic rings. The third-order valence-electron chi connectivity index (χ3n) is 3.69. The lowest BCUT2D eigenvalue weighted by Crippen LogP contribution is -2.37. The summed E-state index contributed by atoms with van der Waals surface area (Å²) in [4.78, 5) is 2.41. The maximum absolute atomic E-state index is 8.51. The lowest BCUT2D eigenvalue weighted by molar-refractivity contribution is 0.206. The van der Waals surface area contributed by atoms with Crippen LogP contribution in [0.3, 0.4) is 0 Å². The van der Waals surface area contributed by atoms with E-state index >= 15 is 0 Å². The average molecular weight is 273 g/mol. The highest BCUT2D eigenvalue weighted by atomic mass is 16.5. The van der Waals surface area contributed by atoms with Crippen LogP contribution in [0.15, 0.2) is 24.3 Å². The molecule has 1 heterocycles. The van der Waals surface area contributed by atoms with E-state index in [1.54, 1.807) is 0 Å². The number of rotatable bonds is 6. The molecule has 4 nitrogen and oxygen atoms in total. The highest BCUT2D eigenvalue weighted by Gasteiger charge is 2.16. The summed E-state index contributed by atoms with van der Waals surface area (Å²) < 4.78 is 5.31. The summed E-state index contributed by atoms with van der Waals surface area (Å²) in [6.45, 7) is 4.44. The fourth-order valence-corrected chi connectivity index (χ4v) is 2.72. The smallest absolute Gasteiger partial charge is 0.174 e. The van der Waals surface area contributed by atoms with Crippen molar-refractivity contribution in [1.82, 2.24) is 10.2 Å². The summed E-state index contributed by atoms with van der Waals surface area (Å²) >= 11 is 0. The van der Waals surface area contributed by atoms with E-state index in [2.05, 4.69) is 23.3 Å². The highest BCUT2D eigenvalue weighted by molar-refractivity contribution is 5.28. The van der Waals surface area contributed by atoms with Gasteiger partial charge in [-0.2, -0.15) is 5.26 Å². The fourth-order valence-electron chi connectivity index (χ4n) is 2.72. The molecular weight excluding hydrogens is 250 g/mol. The molecule has 1 atom stereocenters. The zero-order valence-corrected chi connectivity index (χ0v) is 12.1. The minimum Gasteiger partial charge on any atom is -0.479 e. The van der Waals surface area contributed by atoms with Gasteiger partial charge in [0.15, 0.2) is 6.61 Å². The van der Waals surface area contributed by atoms with Crippen molar-refractivity contribution in [3.05, 3.63) is 29.8 Å². The van der Waals surface area contributed by atoms with Gasteiger partial charge >= 0.3 is 0 Å². The van der Waals surface area contributed by atoms with Gasteiger partial charge in [-0.3, -0.25) is 0 Å². The van der Waals surface area contributed by atoms with E-state index in [1.165, 1.54) is 31.5 Å². The number of nitrogens with one attached hydrogen (secondary N) is 1. The molecule has 1 saturated heterocycles. The van der Waals surface area contributed by atoms with E-state index in [9.17, 15) is 0 Å². The second-order valence-corrected chi connectivity index (χ2v) is 5.50. The molecule has 0 bridgehead atoms. The van der Waals surface area contributed by atoms with Crippen molar-refractivity contribution < 1.29 is 4.74 Å². The zero-order valence-electron chi connectivity index (χ0n) is 12.1. The highest BCUT2D eigenvalue weighted by Crippen LogP contribution is 2.15. The normalized spacial score (nSPS) is 19.5. The fraction of sp³-hybridized carbons (Fsp3) is 0.562. The van der Waals surface area contributed by atoms with Crippen molar-refractivity contribution in [2.75, 3.05) is 33.3 Å². The maximum Gasteiger partial charge on any atom is 0.174 e. The summed E-state index contributed by atoms with van der Waals surface area (Å²) in [6, 6.07) is 9.92. The van der Waals surface area contributed by atoms with Crippen molar-refractivity contribution in [2.24, 2.45) is 5.92 Å². The number of hydrogen-bond donors (Lipinski definition) is 1. The molecule has 2 rings (SSSR count). The SMILES string of the molecule is CN1CCCC(CNCc2cccc(OCC#N)c2)C1. The Morgan fingerprint density at radius 3 is 3.20 bits per heavy atom. The van der Waals surface area contributed by atoms with E-state index in [1.807, 2.05) is 24.3 Å². The Morgan fingerprint density at radius 2 is 2.40 bits per heavy atom. The molecule has 108 valence electrons. The van der Waals surface area contributed by atoms with Crippen LogP contribution in [0.4, 0.5) is 0 Å². The summed E-state index contributed by atoms with van der Waals surface area (Å²) in [5.41, 5.74) is 1.20. The topological polar surface area (TPSA) is 48.3 Å². The molecule has 0 radical (unpaired) electrons. The van der Waals surface area contributed by atoms with Crippen molar-refractivity contribution >= 4 is 0 Å². The van der Waals surface area contributed by atoms with Gasteiger partial charge in [0.1, 0.15) is 11.8 Å². The Morgan fingerprint density at radius 1 is 1.50 bits per heavy atom. The average Bonchev–Trinajstić information content (AvgIpc) is 2.46. The second kappa shape index (κ2) is 7.88. The van der Waals surface area contributed by atoms with Gasteiger partial charge in [0.05, 0.1) is 0 Å². The van der Waals surface area contributed by atoms with E-state index in [0.717, 1.165) is 24.8 Å². The molecule has 0 amide bonds. The van der Waals surface area contributed by atoms with Crippen molar-refractivity contribution in [3.8, 4) is 11.8 Å². The van der Waals surface area contributed by atoms with Gasteiger partial charge in [-0.15, -0.1) is 0 Å². The van der Waals surface area contributed by atoms with Crippen LogP contribution in [0, 0.1) is 17.2 Å². The second-order valence-electron chi connectivity index (χ2n) is 5.50. The number of likely N-dealkylation sites (tertiary alicyclic amines) is 1. The van der Waals surface area contributed by atoms with E-state index in [4.69, 9.17) is 10.00 Å². The molecule has 20 heavy (non-hydrogen) atoms. The third kappa shape index (κ3) is 4.84. The third-order valence-corrected chi connectivity index (χ3v) is 3.69. The molecule has 1 aliphatic heterocycles. The van der Waals surface area contributed by atoms with Crippen molar-refractivity contribution in [1.29, 1.82) is 5.26 Å². The van der Waals surface area contributed by atoms with Gasteiger partial charge in [0.2, 0.25) is 0 Å². The first-order chi connectivity index (χ1) is 9.78. The van der Waals surface area contributed by atoms with Crippen LogP contribution in [-0.4, -0.2) is 38.2 Å².